The molecule has 0 aliphatic carbocycles. The highest BCUT2D eigenvalue weighted by atomic mass is 16.5. The highest BCUT2D eigenvalue weighted by Crippen LogP contribution is 2.25. The summed E-state index contributed by atoms with van der Waals surface area (Å²) in [5.41, 5.74) is 2.43. The summed E-state index contributed by atoms with van der Waals surface area (Å²) in [6.45, 7) is 5.94. The Bertz CT molecular complexity index is 985. The molecule has 2 aromatic carbocycles. The van der Waals surface area contributed by atoms with Gasteiger partial charge in [0.05, 0.1) is 25.3 Å². The number of benzene rings is 2. The number of hydrogen-bond donors (Lipinski definition) is 1. The molecule has 4 rings (SSSR count). The average Bonchev–Trinajstić information content (AvgIpc) is 2.78. The van der Waals surface area contributed by atoms with E-state index in [9.17, 15) is 4.79 Å². The highest BCUT2D eigenvalue weighted by Gasteiger charge is 2.17. The van der Waals surface area contributed by atoms with Crippen LogP contribution in [0.5, 0.6) is 5.75 Å². The Kier molecular flexibility index (Phi) is 5.86. The van der Waals surface area contributed by atoms with Crippen molar-refractivity contribution in [3.8, 4) is 5.75 Å². The second-order valence-corrected chi connectivity index (χ2v) is 6.79. The number of nitrogens with one attached hydrogen (secondary N) is 1. The highest BCUT2D eigenvalue weighted by molar-refractivity contribution is 6.00. The Morgan fingerprint density at radius 1 is 1.14 bits per heavy atom. The summed E-state index contributed by atoms with van der Waals surface area (Å²) in [6, 6.07) is 13.3. The van der Waals surface area contributed by atoms with E-state index in [0.717, 1.165) is 41.1 Å². The molecule has 0 spiro atoms. The minimum atomic E-state index is -0.127. The molecule has 0 unspecified atom stereocenters. The summed E-state index contributed by atoms with van der Waals surface area (Å²) < 4.78 is 10.9. The zero-order chi connectivity index (χ0) is 20.1. The number of fused-ring (bicyclic) bond motifs is 1. The van der Waals surface area contributed by atoms with E-state index in [0.29, 0.717) is 31.9 Å². The van der Waals surface area contributed by atoms with Crippen LogP contribution >= 0.6 is 0 Å². The van der Waals surface area contributed by atoms with Gasteiger partial charge in [-0.25, -0.2) is 9.97 Å². The van der Waals surface area contributed by atoms with E-state index in [1.165, 1.54) is 0 Å². The lowest BCUT2D eigenvalue weighted by atomic mass is 10.1. The fraction of sp³-hybridized carbons (Fsp3) is 0.318. The molecular formula is C22H24N4O3. The van der Waals surface area contributed by atoms with Crippen LogP contribution in [0.25, 0.3) is 10.9 Å². The first kappa shape index (κ1) is 19.1. The molecule has 1 saturated heterocycles. The number of hydrogen-bond acceptors (Lipinski definition) is 6. The minimum absolute atomic E-state index is 0.127. The van der Waals surface area contributed by atoms with Crippen LogP contribution in [0.3, 0.4) is 0 Å². The van der Waals surface area contributed by atoms with Crippen LogP contribution in [-0.4, -0.2) is 48.8 Å². The largest absolute Gasteiger partial charge is 0.494 e. The molecule has 7 heteroatoms. The van der Waals surface area contributed by atoms with Gasteiger partial charge in [0, 0.05) is 30.6 Å². The molecule has 0 atom stereocenters. The van der Waals surface area contributed by atoms with Gasteiger partial charge in [-0.1, -0.05) is 12.1 Å². The third-order valence-electron chi connectivity index (χ3n) is 4.87. The molecule has 150 valence electrons. The lowest BCUT2D eigenvalue weighted by Gasteiger charge is -2.28. The monoisotopic (exact) mass is 392 g/mol. The van der Waals surface area contributed by atoms with Crippen LogP contribution in [0.2, 0.25) is 0 Å². The number of aromatic nitrogens is 2. The molecule has 1 fully saturated rings. The second kappa shape index (κ2) is 8.87. The van der Waals surface area contributed by atoms with Crippen LogP contribution < -0.4 is 15.0 Å². The zero-order valence-electron chi connectivity index (χ0n) is 16.4. The number of morpholine rings is 1. The Balaban J connectivity index is 1.50. The number of anilines is 1. The van der Waals surface area contributed by atoms with Crippen molar-refractivity contribution in [2.75, 3.05) is 37.8 Å². The third kappa shape index (κ3) is 4.46. The van der Waals surface area contributed by atoms with Crippen molar-refractivity contribution < 1.29 is 14.3 Å². The fourth-order valence-corrected chi connectivity index (χ4v) is 3.37. The molecule has 0 bridgehead atoms. The molecule has 29 heavy (non-hydrogen) atoms. The summed E-state index contributed by atoms with van der Waals surface area (Å²) >= 11 is 0. The van der Waals surface area contributed by atoms with Crippen molar-refractivity contribution in [3.63, 3.8) is 0 Å². The van der Waals surface area contributed by atoms with Crippen molar-refractivity contribution in [1.29, 1.82) is 0 Å². The number of nitrogens with zero attached hydrogens (tertiary/aromatic N) is 3. The smallest absolute Gasteiger partial charge is 0.251 e. The van der Waals surface area contributed by atoms with Crippen molar-refractivity contribution in [2.24, 2.45) is 0 Å². The van der Waals surface area contributed by atoms with Gasteiger partial charge in [-0.3, -0.25) is 4.79 Å². The van der Waals surface area contributed by atoms with Gasteiger partial charge in [0.2, 0.25) is 0 Å². The maximum Gasteiger partial charge on any atom is 0.251 e. The van der Waals surface area contributed by atoms with Crippen LogP contribution in [0.15, 0.2) is 48.8 Å². The number of carbonyl (C=O) groups excluding carboxylic acids is 1. The Morgan fingerprint density at radius 3 is 2.69 bits per heavy atom. The summed E-state index contributed by atoms with van der Waals surface area (Å²) in [6.07, 6.45) is 1.57. The first-order valence-corrected chi connectivity index (χ1v) is 9.82. The first-order chi connectivity index (χ1) is 14.2. The second-order valence-electron chi connectivity index (χ2n) is 6.79. The third-order valence-corrected chi connectivity index (χ3v) is 4.87. The van der Waals surface area contributed by atoms with Crippen LogP contribution in [-0.2, 0) is 11.3 Å². The standard InChI is InChI=1S/C22H24N4O3/c1-2-29-18-6-3-16(4-7-18)14-23-22(27)17-5-8-20-19(13-17)21(25-15-24-20)26-9-11-28-12-10-26/h3-8,13,15H,2,9-12,14H2,1H3,(H,23,27). The van der Waals surface area contributed by atoms with Crippen LogP contribution in [0, 0.1) is 0 Å². The van der Waals surface area contributed by atoms with Gasteiger partial charge in [0.25, 0.3) is 5.91 Å². The summed E-state index contributed by atoms with van der Waals surface area (Å²) in [4.78, 5) is 23.7. The van der Waals surface area contributed by atoms with E-state index >= 15 is 0 Å². The predicted octanol–water partition coefficient (Wildman–Crippen LogP) is 2.80. The molecule has 1 aliphatic heterocycles. The molecule has 0 radical (unpaired) electrons. The van der Waals surface area contributed by atoms with Gasteiger partial charge in [-0.15, -0.1) is 0 Å². The maximum atomic E-state index is 12.7. The van der Waals surface area contributed by atoms with Crippen molar-refractivity contribution in [2.45, 2.75) is 13.5 Å². The molecule has 3 aromatic rings. The van der Waals surface area contributed by atoms with E-state index in [1.54, 1.807) is 12.4 Å². The van der Waals surface area contributed by atoms with Crippen LogP contribution in [0.4, 0.5) is 5.82 Å². The Morgan fingerprint density at radius 2 is 1.93 bits per heavy atom. The molecular weight excluding hydrogens is 368 g/mol. The van der Waals surface area contributed by atoms with Gasteiger partial charge in [0.1, 0.15) is 17.9 Å². The fourth-order valence-electron chi connectivity index (χ4n) is 3.37. The maximum absolute atomic E-state index is 12.7. The van der Waals surface area contributed by atoms with Gasteiger partial charge >= 0.3 is 0 Å². The lowest BCUT2D eigenvalue weighted by Crippen LogP contribution is -2.36. The summed E-state index contributed by atoms with van der Waals surface area (Å²) in [7, 11) is 0. The van der Waals surface area contributed by atoms with E-state index < -0.39 is 0 Å². The Hall–Kier alpha value is -3.19. The summed E-state index contributed by atoms with van der Waals surface area (Å²) in [5, 5.41) is 3.85. The number of carbonyl (C=O) groups is 1. The van der Waals surface area contributed by atoms with Gasteiger partial charge in [-0.2, -0.15) is 0 Å². The molecule has 1 N–H and O–H groups in total. The number of rotatable bonds is 6. The van der Waals surface area contributed by atoms with Gasteiger partial charge in [-0.05, 0) is 42.8 Å². The first-order valence-electron chi connectivity index (χ1n) is 9.82. The summed E-state index contributed by atoms with van der Waals surface area (Å²) in [5.74, 6) is 1.55. The van der Waals surface area contributed by atoms with Gasteiger partial charge in [0.15, 0.2) is 0 Å². The van der Waals surface area contributed by atoms with Crippen molar-refractivity contribution >= 4 is 22.6 Å². The van der Waals surface area contributed by atoms with E-state index in [4.69, 9.17) is 9.47 Å². The lowest BCUT2D eigenvalue weighted by molar-refractivity contribution is 0.0951. The van der Waals surface area contributed by atoms with E-state index in [2.05, 4.69) is 20.2 Å². The number of amides is 1. The minimum Gasteiger partial charge on any atom is -0.494 e. The molecule has 2 heterocycles. The molecule has 7 nitrogen and oxygen atoms in total. The molecule has 1 amide bonds. The van der Waals surface area contributed by atoms with E-state index in [-0.39, 0.29) is 5.91 Å². The molecule has 1 aliphatic rings. The topological polar surface area (TPSA) is 76.6 Å². The average molecular weight is 392 g/mol. The van der Waals surface area contributed by atoms with Gasteiger partial charge < -0.3 is 19.7 Å². The number of ether oxygens (including phenoxy) is 2. The van der Waals surface area contributed by atoms with Crippen molar-refractivity contribution in [1.82, 2.24) is 15.3 Å². The zero-order valence-corrected chi connectivity index (χ0v) is 16.4. The van der Waals surface area contributed by atoms with Crippen LogP contribution in [0.1, 0.15) is 22.8 Å². The molecule has 1 aromatic heterocycles. The SMILES string of the molecule is CCOc1ccc(CNC(=O)c2ccc3ncnc(N4CCOCC4)c3c2)cc1. The molecule has 0 saturated carbocycles. The predicted molar refractivity (Wildman–Crippen MR) is 111 cm³/mol. The normalized spacial score (nSPS) is 14.0. The quantitative estimate of drug-likeness (QED) is 0.695. The van der Waals surface area contributed by atoms with Crippen molar-refractivity contribution in [3.05, 3.63) is 59.9 Å². The van der Waals surface area contributed by atoms with E-state index in [1.807, 2.05) is 43.3 Å². The Labute approximate surface area is 169 Å².